The smallest absolute Gasteiger partial charge is 0.146 e. The van der Waals surface area contributed by atoms with Gasteiger partial charge in [0.1, 0.15) is 16.5 Å². The predicted octanol–water partition coefficient (Wildman–Crippen LogP) is 3.77. The first-order valence-corrected chi connectivity index (χ1v) is 10.3. The molecule has 5 nitrogen and oxygen atoms in total. The third-order valence-electron chi connectivity index (χ3n) is 4.99. The summed E-state index contributed by atoms with van der Waals surface area (Å²) in [5.74, 6) is 2.08. The number of morpholine rings is 1. The molecule has 0 amide bonds. The fourth-order valence-corrected chi connectivity index (χ4v) is 4.34. The molecule has 1 aliphatic heterocycles. The number of hydrogen-bond acceptors (Lipinski definition) is 6. The van der Waals surface area contributed by atoms with E-state index in [-0.39, 0.29) is 0 Å². The maximum Gasteiger partial charge on any atom is 0.146 e. The van der Waals surface area contributed by atoms with Crippen LogP contribution in [0.25, 0.3) is 10.2 Å². The van der Waals surface area contributed by atoms with Gasteiger partial charge >= 0.3 is 0 Å². The molecule has 1 fully saturated rings. The van der Waals surface area contributed by atoms with Crippen molar-refractivity contribution in [2.45, 2.75) is 47.1 Å². The van der Waals surface area contributed by atoms with Crippen molar-refractivity contribution in [2.75, 3.05) is 44.3 Å². The Morgan fingerprint density at radius 3 is 2.60 bits per heavy atom. The second-order valence-corrected chi connectivity index (χ2v) is 7.95. The topological polar surface area (TPSA) is 41.5 Å². The highest BCUT2D eigenvalue weighted by molar-refractivity contribution is 7.18. The van der Waals surface area contributed by atoms with Crippen molar-refractivity contribution in [3.63, 3.8) is 0 Å². The first-order chi connectivity index (χ1) is 12.1. The highest BCUT2D eigenvalue weighted by atomic mass is 32.1. The van der Waals surface area contributed by atoms with Gasteiger partial charge in [-0.25, -0.2) is 9.97 Å². The molecule has 3 rings (SSSR count). The summed E-state index contributed by atoms with van der Waals surface area (Å²) >= 11 is 1.80. The van der Waals surface area contributed by atoms with E-state index < -0.39 is 0 Å². The molecule has 0 saturated carbocycles. The summed E-state index contributed by atoms with van der Waals surface area (Å²) in [6.07, 6.45) is 2.40. The van der Waals surface area contributed by atoms with Crippen molar-refractivity contribution in [2.24, 2.45) is 0 Å². The lowest BCUT2D eigenvalue weighted by Gasteiger charge is -2.27. The van der Waals surface area contributed by atoms with Crippen LogP contribution in [0.3, 0.4) is 0 Å². The number of ether oxygens (including phenoxy) is 1. The monoisotopic (exact) mass is 362 g/mol. The minimum atomic E-state index is 0.809. The van der Waals surface area contributed by atoms with Crippen molar-refractivity contribution < 1.29 is 4.74 Å². The zero-order valence-electron chi connectivity index (χ0n) is 16.0. The minimum absolute atomic E-state index is 0.809. The van der Waals surface area contributed by atoms with Crippen LogP contribution in [0.4, 0.5) is 5.82 Å². The van der Waals surface area contributed by atoms with Crippen LogP contribution in [0.5, 0.6) is 0 Å². The van der Waals surface area contributed by atoms with Gasteiger partial charge in [0.25, 0.3) is 0 Å². The Balaban J connectivity index is 1.98. The summed E-state index contributed by atoms with van der Waals surface area (Å²) in [6, 6.07) is 0. The summed E-state index contributed by atoms with van der Waals surface area (Å²) in [6.45, 7) is 15.3. The maximum atomic E-state index is 5.46. The molecule has 0 N–H and O–H groups in total. The van der Waals surface area contributed by atoms with Crippen molar-refractivity contribution in [1.82, 2.24) is 14.9 Å². The van der Waals surface area contributed by atoms with E-state index in [0.717, 1.165) is 62.4 Å². The molecule has 2 aromatic heterocycles. The minimum Gasteiger partial charge on any atom is -0.379 e. The highest BCUT2D eigenvalue weighted by Gasteiger charge is 2.20. The Morgan fingerprint density at radius 2 is 1.92 bits per heavy atom. The molecule has 1 aliphatic rings. The molecule has 0 unspecified atom stereocenters. The average Bonchev–Trinajstić information content (AvgIpc) is 2.90. The van der Waals surface area contributed by atoms with Gasteiger partial charge in [0.05, 0.1) is 25.1 Å². The lowest BCUT2D eigenvalue weighted by Crippen LogP contribution is -2.36. The Morgan fingerprint density at radius 1 is 1.16 bits per heavy atom. The number of rotatable bonds is 7. The molecular weight excluding hydrogens is 332 g/mol. The van der Waals surface area contributed by atoms with Gasteiger partial charge < -0.3 is 9.64 Å². The number of hydrogen-bond donors (Lipinski definition) is 0. The lowest BCUT2D eigenvalue weighted by atomic mass is 10.2. The van der Waals surface area contributed by atoms with Crippen LogP contribution in [0.2, 0.25) is 0 Å². The van der Waals surface area contributed by atoms with Crippen LogP contribution in [0.1, 0.15) is 43.0 Å². The molecule has 0 atom stereocenters. The highest BCUT2D eigenvalue weighted by Crippen LogP contribution is 2.35. The average molecular weight is 363 g/mol. The number of unbranched alkanes of at least 4 members (excludes halogenated alkanes) is 1. The van der Waals surface area contributed by atoms with Crippen molar-refractivity contribution in [3.8, 4) is 0 Å². The number of fused-ring (bicyclic) bond motifs is 1. The molecule has 0 radical (unpaired) electrons. The van der Waals surface area contributed by atoms with E-state index in [0.29, 0.717) is 0 Å². The maximum absolute atomic E-state index is 5.46. The van der Waals surface area contributed by atoms with Gasteiger partial charge in [0.15, 0.2) is 0 Å². The first-order valence-electron chi connectivity index (χ1n) is 9.45. The van der Waals surface area contributed by atoms with Crippen LogP contribution in [-0.2, 0) is 11.3 Å². The molecule has 25 heavy (non-hydrogen) atoms. The number of nitrogens with zero attached hydrogens (tertiary/aromatic N) is 4. The third kappa shape index (κ3) is 4.13. The molecule has 0 bridgehead atoms. The van der Waals surface area contributed by atoms with Gasteiger partial charge in [-0.1, -0.05) is 13.3 Å². The van der Waals surface area contributed by atoms with Gasteiger partial charge in [-0.2, -0.15) is 0 Å². The quantitative estimate of drug-likeness (QED) is 0.750. The van der Waals surface area contributed by atoms with E-state index in [9.17, 15) is 0 Å². The summed E-state index contributed by atoms with van der Waals surface area (Å²) in [4.78, 5) is 17.2. The Kier molecular flexibility index (Phi) is 6.25. The van der Waals surface area contributed by atoms with Crippen LogP contribution < -0.4 is 4.90 Å². The van der Waals surface area contributed by atoms with E-state index in [1.807, 2.05) is 0 Å². The summed E-state index contributed by atoms with van der Waals surface area (Å²) in [5.41, 5.74) is 1.34. The fourth-order valence-electron chi connectivity index (χ4n) is 3.29. The number of aryl methyl sites for hydroxylation is 2. The zero-order valence-corrected chi connectivity index (χ0v) is 16.8. The largest absolute Gasteiger partial charge is 0.379 e. The van der Waals surface area contributed by atoms with E-state index in [1.54, 1.807) is 11.3 Å². The van der Waals surface area contributed by atoms with E-state index in [4.69, 9.17) is 14.7 Å². The Labute approximate surface area is 155 Å². The van der Waals surface area contributed by atoms with Gasteiger partial charge in [-0.3, -0.25) is 4.90 Å². The molecular formula is C19H30N4OS. The lowest BCUT2D eigenvalue weighted by molar-refractivity contribution is 0.0331. The summed E-state index contributed by atoms with van der Waals surface area (Å²) < 4.78 is 5.46. The van der Waals surface area contributed by atoms with Crippen LogP contribution >= 0.6 is 11.3 Å². The molecule has 0 spiro atoms. The summed E-state index contributed by atoms with van der Waals surface area (Å²) in [5, 5.41) is 1.26. The second kappa shape index (κ2) is 8.43. The van der Waals surface area contributed by atoms with E-state index in [2.05, 4.69) is 37.5 Å². The summed E-state index contributed by atoms with van der Waals surface area (Å²) in [7, 11) is 0. The number of anilines is 1. The standard InChI is InChI=1S/C19H30N4OS/c1-5-7-8-23(6-2)18-17-14(3)15(4)25-19(17)21-16(20-18)13-22-9-11-24-12-10-22/h5-13H2,1-4H3. The molecule has 2 aromatic rings. The SMILES string of the molecule is CCCCN(CC)c1nc(CN2CCOCC2)nc2sc(C)c(C)c12. The Bertz CT molecular complexity index is 709. The first kappa shape index (κ1) is 18.5. The molecule has 0 aliphatic carbocycles. The second-order valence-electron chi connectivity index (χ2n) is 6.75. The molecule has 138 valence electrons. The van der Waals surface area contributed by atoms with E-state index in [1.165, 1.54) is 28.7 Å². The van der Waals surface area contributed by atoms with Crippen LogP contribution in [0.15, 0.2) is 0 Å². The number of aromatic nitrogens is 2. The Hall–Kier alpha value is -1.24. The van der Waals surface area contributed by atoms with Crippen LogP contribution in [-0.4, -0.2) is 54.3 Å². The number of thiophene rings is 1. The van der Waals surface area contributed by atoms with Crippen LogP contribution in [0, 0.1) is 13.8 Å². The van der Waals surface area contributed by atoms with Crippen molar-refractivity contribution in [1.29, 1.82) is 0 Å². The molecule has 6 heteroatoms. The predicted molar refractivity (Wildman–Crippen MR) is 106 cm³/mol. The molecule has 1 saturated heterocycles. The fraction of sp³-hybridized carbons (Fsp3) is 0.684. The molecule has 0 aromatic carbocycles. The zero-order chi connectivity index (χ0) is 17.8. The van der Waals surface area contributed by atoms with E-state index >= 15 is 0 Å². The molecule has 3 heterocycles. The third-order valence-corrected chi connectivity index (χ3v) is 6.09. The van der Waals surface area contributed by atoms with Gasteiger partial charge in [-0.05, 0) is 32.8 Å². The normalized spacial score (nSPS) is 15.8. The van der Waals surface area contributed by atoms with Gasteiger partial charge in [0.2, 0.25) is 0 Å². The van der Waals surface area contributed by atoms with Crippen molar-refractivity contribution in [3.05, 3.63) is 16.3 Å². The van der Waals surface area contributed by atoms with Gasteiger partial charge in [-0.15, -0.1) is 11.3 Å². The van der Waals surface area contributed by atoms with Gasteiger partial charge in [0, 0.05) is 31.1 Å². The van der Waals surface area contributed by atoms with Crippen molar-refractivity contribution >= 4 is 27.4 Å².